The van der Waals surface area contributed by atoms with Gasteiger partial charge in [-0.25, -0.2) is 0 Å². The molecule has 0 amide bonds. The fourth-order valence-corrected chi connectivity index (χ4v) is 2.85. The zero-order chi connectivity index (χ0) is 13.6. The lowest BCUT2D eigenvalue weighted by molar-refractivity contribution is -0.137. The van der Waals surface area contributed by atoms with Crippen LogP contribution in [0.3, 0.4) is 0 Å². The van der Waals surface area contributed by atoms with E-state index >= 15 is 0 Å². The average Bonchev–Trinajstić information content (AvgIpc) is 2.37. The van der Waals surface area contributed by atoms with Gasteiger partial charge in [0.2, 0.25) is 0 Å². The minimum absolute atomic E-state index is 0.0831. The molecule has 0 radical (unpaired) electrons. The molecule has 19 heavy (non-hydrogen) atoms. The van der Waals surface area contributed by atoms with Crippen LogP contribution in [-0.2, 0) is 6.18 Å². The summed E-state index contributed by atoms with van der Waals surface area (Å²) in [5.41, 5.74) is 0.176. The van der Waals surface area contributed by atoms with Crippen molar-refractivity contribution in [1.29, 1.82) is 0 Å². The molecule has 0 aliphatic carbocycles. The standard InChI is InChI=1S/C13H15F3N2O/c1-18-5-4-17-10-7-19-11-6-8(13(14,15)16)2-3-9(11)12(10)18/h2-3,6,10,12,17H,4-5,7H2,1H3. The minimum atomic E-state index is -4.33. The van der Waals surface area contributed by atoms with E-state index in [1.165, 1.54) is 0 Å². The van der Waals surface area contributed by atoms with E-state index < -0.39 is 11.7 Å². The molecule has 2 aliphatic heterocycles. The Morgan fingerprint density at radius 1 is 1.37 bits per heavy atom. The lowest BCUT2D eigenvalue weighted by Gasteiger charge is -2.43. The van der Waals surface area contributed by atoms with E-state index in [0.717, 1.165) is 30.8 Å². The summed E-state index contributed by atoms with van der Waals surface area (Å²) >= 11 is 0. The summed E-state index contributed by atoms with van der Waals surface area (Å²) in [7, 11) is 1.99. The first-order valence-electron chi connectivity index (χ1n) is 6.24. The first-order chi connectivity index (χ1) is 8.97. The van der Waals surface area contributed by atoms with Crippen molar-refractivity contribution in [2.75, 3.05) is 26.7 Å². The number of likely N-dealkylation sites (N-methyl/N-ethyl adjacent to an activating group) is 1. The van der Waals surface area contributed by atoms with Crippen molar-refractivity contribution < 1.29 is 17.9 Å². The number of ether oxygens (including phenoxy) is 1. The van der Waals surface area contributed by atoms with Crippen LogP contribution in [0.5, 0.6) is 5.75 Å². The number of halogens is 3. The zero-order valence-corrected chi connectivity index (χ0v) is 10.5. The van der Waals surface area contributed by atoms with Gasteiger partial charge in [0.05, 0.1) is 17.6 Å². The monoisotopic (exact) mass is 272 g/mol. The molecule has 2 heterocycles. The van der Waals surface area contributed by atoms with Crippen molar-refractivity contribution in [2.24, 2.45) is 0 Å². The molecular formula is C13H15F3N2O. The molecule has 1 N–H and O–H groups in total. The third-order valence-corrected chi connectivity index (χ3v) is 3.80. The molecule has 0 bridgehead atoms. The van der Waals surface area contributed by atoms with Crippen LogP contribution in [0.25, 0.3) is 0 Å². The molecule has 1 aromatic rings. The first-order valence-corrected chi connectivity index (χ1v) is 6.24. The molecule has 1 fully saturated rings. The van der Waals surface area contributed by atoms with Crippen LogP contribution < -0.4 is 10.1 Å². The Bertz CT molecular complexity index is 489. The number of hydrogen-bond donors (Lipinski definition) is 1. The van der Waals surface area contributed by atoms with E-state index in [1.54, 1.807) is 6.07 Å². The molecule has 0 spiro atoms. The number of nitrogens with one attached hydrogen (secondary N) is 1. The van der Waals surface area contributed by atoms with Crippen LogP contribution in [0.4, 0.5) is 13.2 Å². The van der Waals surface area contributed by atoms with Gasteiger partial charge >= 0.3 is 6.18 Å². The highest BCUT2D eigenvalue weighted by atomic mass is 19.4. The lowest BCUT2D eigenvalue weighted by Crippen LogP contribution is -2.55. The Kier molecular flexibility index (Phi) is 2.94. The Morgan fingerprint density at radius 2 is 2.16 bits per heavy atom. The molecule has 104 valence electrons. The van der Waals surface area contributed by atoms with Crippen molar-refractivity contribution in [3.63, 3.8) is 0 Å². The number of alkyl halides is 3. The number of benzene rings is 1. The molecule has 2 atom stereocenters. The van der Waals surface area contributed by atoms with E-state index in [2.05, 4.69) is 10.2 Å². The maximum absolute atomic E-state index is 12.7. The average molecular weight is 272 g/mol. The Morgan fingerprint density at radius 3 is 2.89 bits per heavy atom. The fourth-order valence-electron chi connectivity index (χ4n) is 2.85. The van der Waals surface area contributed by atoms with Crippen LogP contribution in [0, 0.1) is 0 Å². The Labute approximate surface area is 109 Å². The van der Waals surface area contributed by atoms with Gasteiger partial charge in [0, 0.05) is 18.7 Å². The van der Waals surface area contributed by atoms with Gasteiger partial charge in [-0.05, 0) is 19.2 Å². The molecule has 2 aliphatic rings. The van der Waals surface area contributed by atoms with E-state index in [9.17, 15) is 13.2 Å². The summed E-state index contributed by atoms with van der Waals surface area (Å²) in [4.78, 5) is 2.16. The quantitative estimate of drug-likeness (QED) is 0.782. The van der Waals surface area contributed by atoms with Crippen molar-refractivity contribution >= 4 is 0 Å². The molecule has 3 rings (SSSR count). The Hall–Kier alpha value is -1.27. The second-order valence-electron chi connectivity index (χ2n) is 5.05. The second kappa shape index (κ2) is 4.38. The summed E-state index contributed by atoms with van der Waals surface area (Å²) in [6.45, 7) is 2.15. The summed E-state index contributed by atoms with van der Waals surface area (Å²) in [6, 6.07) is 4.00. The van der Waals surface area contributed by atoms with Crippen molar-refractivity contribution in [3.8, 4) is 5.75 Å². The summed E-state index contributed by atoms with van der Waals surface area (Å²) in [5.74, 6) is 0.353. The second-order valence-corrected chi connectivity index (χ2v) is 5.05. The zero-order valence-electron chi connectivity index (χ0n) is 10.5. The minimum Gasteiger partial charge on any atom is -0.492 e. The van der Waals surface area contributed by atoms with Gasteiger partial charge in [0.25, 0.3) is 0 Å². The molecule has 1 aromatic carbocycles. The van der Waals surface area contributed by atoms with Gasteiger partial charge in [-0.1, -0.05) is 6.07 Å². The highest BCUT2D eigenvalue weighted by molar-refractivity contribution is 5.43. The third-order valence-electron chi connectivity index (χ3n) is 3.80. The van der Waals surface area contributed by atoms with E-state index in [4.69, 9.17) is 4.74 Å². The number of hydrogen-bond acceptors (Lipinski definition) is 3. The van der Waals surface area contributed by atoms with Crippen LogP contribution in [0.15, 0.2) is 18.2 Å². The van der Waals surface area contributed by atoms with Gasteiger partial charge in [-0.2, -0.15) is 13.2 Å². The van der Waals surface area contributed by atoms with E-state index in [0.29, 0.717) is 12.4 Å². The van der Waals surface area contributed by atoms with Crippen LogP contribution in [0.2, 0.25) is 0 Å². The molecule has 0 aromatic heterocycles. The van der Waals surface area contributed by atoms with Crippen LogP contribution in [-0.4, -0.2) is 37.7 Å². The molecule has 3 nitrogen and oxygen atoms in total. The van der Waals surface area contributed by atoms with Crippen LogP contribution in [0.1, 0.15) is 17.2 Å². The summed E-state index contributed by atoms with van der Waals surface area (Å²) < 4.78 is 43.6. The van der Waals surface area contributed by atoms with Crippen molar-refractivity contribution in [3.05, 3.63) is 29.3 Å². The van der Waals surface area contributed by atoms with Crippen LogP contribution >= 0.6 is 0 Å². The number of rotatable bonds is 0. The first kappa shape index (κ1) is 12.7. The molecule has 6 heteroatoms. The van der Waals surface area contributed by atoms with Crippen molar-refractivity contribution in [1.82, 2.24) is 10.2 Å². The van der Waals surface area contributed by atoms with Gasteiger partial charge in [0.15, 0.2) is 0 Å². The maximum Gasteiger partial charge on any atom is 0.416 e. The largest absolute Gasteiger partial charge is 0.492 e. The van der Waals surface area contributed by atoms with Gasteiger partial charge in [-0.3, -0.25) is 4.90 Å². The van der Waals surface area contributed by atoms with E-state index in [1.807, 2.05) is 7.05 Å². The molecule has 0 saturated carbocycles. The molecular weight excluding hydrogens is 257 g/mol. The highest BCUT2D eigenvalue weighted by Gasteiger charge is 2.38. The highest BCUT2D eigenvalue weighted by Crippen LogP contribution is 2.40. The van der Waals surface area contributed by atoms with Gasteiger partial charge in [0.1, 0.15) is 12.4 Å². The lowest BCUT2D eigenvalue weighted by atomic mass is 9.92. The SMILES string of the molecule is CN1CCNC2COc3cc(C(F)(F)F)ccc3C21. The number of piperazine rings is 1. The van der Waals surface area contributed by atoms with Gasteiger partial charge < -0.3 is 10.1 Å². The fraction of sp³-hybridized carbons (Fsp3) is 0.538. The molecule has 1 saturated heterocycles. The Balaban J connectivity index is 1.99. The third kappa shape index (κ3) is 2.19. The number of fused-ring (bicyclic) bond motifs is 3. The number of nitrogens with zero attached hydrogens (tertiary/aromatic N) is 1. The topological polar surface area (TPSA) is 24.5 Å². The predicted octanol–water partition coefficient (Wildman–Crippen LogP) is 2.04. The van der Waals surface area contributed by atoms with E-state index in [-0.39, 0.29) is 12.1 Å². The summed E-state index contributed by atoms with van der Waals surface area (Å²) in [5, 5.41) is 3.35. The normalized spacial score (nSPS) is 27.4. The van der Waals surface area contributed by atoms with Crippen molar-refractivity contribution in [2.45, 2.75) is 18.3 Å². The summed E-state index contributed by atoms with van der Waals surface area (Å²) in [6.07, 6.45) is -4.33. The predicted molar refractivity (Wildman–Crippen MR) is 64.1 cm³/mol. The maximum atomic E-state index is 12.7. The molecule has 2 unspecified atom stereocenters. The smallest absolute Gasteiger partial charge is 0.416 e. The van der Waals surface area contributed by atoms with Gasteiger partial charge in [-0.15, -0.1) is 0 Å².